The first-order valence-corrected chi connectivity index (χ1v) is 9.14. The molecule has 0 aliphatic carbocycles. The van der Waals surface area contributed by atoms with Gasteiger partial charge in [-0.15, -0.1) is 0 Å². The molecule has 21 heavy (non-hydrogen) atoms. The zero-order valence-corrected chi connectivity index (χ0v) is 13.5. The monoisotopic (exact) mass is 327 g/mol. The van der Waals surface area contributed by atoms with Crippen LogP contribution in [0.5, 0.6) is 0 Å². The molecular weight excluding hydrogens is 306 g/mol. The second-order valence-electron chi connectivity index (χ2n) is 4.98. The highest BCUT2D eigenvalue weighted by atomic mass is 32.2. The molecule has 116 valence electrons. The van der Waals surface area contributed by atoms with Crippen LogP contribution in [0.25, 0.3) is 6.08 Å². The van der Waals surface area contributed by atoms with E-state index >= 15 is 0 Å². The Hall–Kier alpha value is -0.820. The first kappa shape index (κ1) is 16.5. The van der Waals surface area contributed by atoms with E-state index < -0.39 is 0 Å². The minimum atomic E-state index is -0.320. The molecule has 0 atom stereocenters. The molecule has 1 amide bonds. The number of hydrogen-bond acceptors (Lipinski definition) is 5. The minimum Gasteiger partial charge on any atom is -0.394 e. The molecular formula is C15H21NO3S2. The van der Waals surface area contributed by atoms with Crippen molar-refractivity contribution in [2.75, 3.05) is 31.3 Å². The summed E-state index contributed by atoms with van der Waals surface area (Å²) >= 11 is 3.51. The number of ether oxygens (including phenoxy) is 1. The zero-order valence-electron chi connectivity index (χ0n) is 11.9. The van der Waals surface area contributed by atoms with E-state index in [9.17, 15) is 4.79 Å². The largest absolute Gasteiger partial charge is 0.394 e. The Bertz CT molecular complexity index is 453. The van der Waals surface area contributed by atoms with Crippen molar-refractivity contribution in [3.05, 3.63) is 28.5 Å². The molecule has 1 fully saturated rings. The van der Waals surface area contributed by atoms with E-state index in [1.165, 1.54) is 0 Å². The highest BCUT2D eigenvalue weighted by Crippen LogP contribution is 2.29. The molecule has 4 nitrogen and oxygen atoms in total. The van der Waals surface area contributed by atoms with Gasteiger partial charge >= 0.3 is 0 Å². The van der Waals surface area contributed by atoms with E-state index in [1.54, 1.807) is 17.4 Å². The fourth-order valence-electron chi connectivity index (χ4n) is 2.23. The SMILES string of the molecule is O=C(/C=C/c1ccsc1)NCC1(OCCO)CCSCC1. The average Bonchev–Trinajstić information content (AvgIpc) is 3.03. The lowest BCUT2D eigenvalue weighted by Crippen LogP contribution is -2.47. The van der Waals surface area contributed by atoms with E-state index in [2.05, 4.69) is 5.32 Å². The first-order chi connectivity index (χ1) is 10.2. The van der Waals surface area contributed by atoms with Crippen molar-refractivity contribution in [1.29, 1.82) is 0 Å². The van der Waals surface area contributed by atoms with Crippen LogP contribution in [0.4, 0.5) is 0 Å². The quantitative estimate of drug-likeness (QED) is 0.754. The van der Waals surface area contributed by atoms with Crippen molar-refractivity contribution < 1.29 is 14.6 Å². The Kier molecular flexibility index (Phi) is 6.76. The summed E-state index contributed by atoms with van der Waals surface area (Å²) in [5, 5.41) is 15.9. The molecule has 1 aromatic rings. The Morgan fingerprint density at radius 3 is 2.95 bits per heavy atom. The van der Waals surface area contributed by atoms with Gasteiger partial charge in [-0.05, 0) is 52.8 Å². The van der Waals surface area contributed by atoms with Crippen molar-refractivity contribution >= 4 is 35.1 Å². The summed E-state index contributed by atoms with van der Waals surface area (Å²) < 4.78 is 5.82. The van der Waals surface area contributed by atoms with E-state index in [0.29, 0.717) is 13.2 Å². The second kappa shape index (κ2) is 8.58. The third-order valence-corrected chi connectivity index (χ3v) is 5.15. The van der Waals surface area contributed by atoms with Gasteiger partial charge in [0.25, 0.3) is 0 Å². The molecule has 1 saturated heterocycles. The summed E-state index contributed by atoms with van der Waals surface area (Å²) in [5.74, 6) is 1.96. The van der Waals surface area contributed by atoms with Gasteiger partial charge in [0.2, 0.25) is 5.91 Å². The molecule has 2 N–H and O–H groups in total. The Labute approximate surface area is 133 Å². The van der Waals surface area contributed by atoms with Crippen LogP contribution in [0.2, 0.25) is 0 Å². The van der Waals surface area contributed by atoms with Gasteiger partial charge in [0.05, 0.1) is 18.8 Å². The molecule has 2 heterocycles. The number of rotatable bonds is 7. The van der Waals surface area contributed by atoms with Gasteiger partial charge in [-0.25, -0.2) is 0 Å². The predicted molar refractivity (Wildman–Crippen MR) is 88.7 cm³/mol. The molecule has 0 saturated carbocycles. The summed E-state index contributed by atoms with van der Waals surface area (Å²) in [4.78, 5) is 11.9. The van der Waals surface area contributed by atoms with Crippen LogP contribution in [-0.4, -0.2) is 47.9 Å². The number of amides is 1. The highest BCUT2D eigenvalue weighted by Gasteiger charge is 2.33. The van der Waals surface area contributed by atoms with Gasteiger partial charge < -0.3 is 15.2 Å². The molecule has 0 bridgehead atoms. The summed E-state index contributed by atoms with van der Waals surface area (Å²) in [6.07, 6.45) is 5.18. The Morgan fingerprint density at radius 1 is 1.48 bits per heavy atom. The van der Waals surface area contributed by atoms with Gasteiger partial charge in [-0.3, -0.25) is 4.79 Å². The number of hydrogen-bond donors (Lipinski definition) is 2. The van der Waals surface area contributed by atoms with Crippen LogP contribution in [0.15, 0.2) is 22.9 Å². The van der Waals surface area contributed by atoms with Crippen LogP contribution in [0, 0.1) is 0 Å². The molecule has 0 aromatic carbocycles. The van der Waals surface area contributed by atoms with Crippen molar-refractivity contribution in [3.63, 3.8) is 0 Å². The molecule has 1 aliphatic rings. The van der Waals surface area contributed by atoms with Crippen LogP contribution in [-0.2, 0) is 9.53 Å². The summed E-state index contributed by atoms with van der Waals surface area (Å²) in [5.41, 5.74) is 0.718. The number of aliphatic hydroxyl groups excluding tert-OH is 1. The number of carbonyl (C=O) groups is 1. The lowest BCUT2D eigenvalue weighted by atomic mass is 9.96. The first-order valence-electron chi connectivity index (χ1n) is 7.05. The number of thioether (sulfide) groups is 1. The molecule has 0 unspecified atom stereocenters. The van der Waals surface area contributed by atoms with E-state index in [1.807, 2.05) is 34.7 Å². The van der Waals surface area contributed by atoms with Crippen molar-refractivity contribution in [2.45, 2.75) is 18.4 Å². The predicted octanol–water partition coefficient (Wildman–Crippen LogP) is 2.15. The van der Waals surface area contributed by atoms with Gasteiger partial charge in [-0.2, -0.15) is 23.1 Å². The lowest BCUT2D eigenvalue weighted by molar-refractivity contribution is -0.119. The summed E-state index contributed by atoms with van der Waals surface area (Å²) in [6, 6.07) is 1.97. The topological polar surface area (TPSA) is 58.6 Å². The summed E-state index contributed by atoms with van der Waals surface area (Å²) in [6.45, 7) is 0.840. The van der Waals surface area contributed by atoms with Gasteiger partial charge in [-0.1, -0.05) is 0 Å². The van der Waals surface area contributed by atoms with E-state index in [0.717, 1.165) is 29.9 Å². The number of thiophene rings is 1. The molecule has 1 aliphatic heterocycles. The standard InChI is InChI=1S/C15H21NO3S2/c17-6-7-19-15(4-9-20-10-5-15)12-16-14(18)2-1-13-3-8-21-11-13/h1-3,8,11,17H,4-7,9-10,12H2,(H,16,18)/b2-1+. The Morgan fingerprint density at radius 2 is 2.29 bits per heavy atom. The van der Waals surface area contributed by atoms with Crippen molar-refractivity contribution in [1.82, 2.24) is 5.32 Å². The Balaban J connectivity index is 1.84. The van der Waals surface area contributed by atoms with Crippen LogP contribution < -0.4 is 5.32 Å². The maximum absolute atomic E-state index is 11.9. The lowest BCUT2D eigenvalue weighted by Gasteiger charge is -2.36. The van der Waals surface area contributed by atoms with Crippen LogP contribution >= 0.6 is 23.1 Å². The third kappa shape index (κ3) is 5.47. The zero-order chi connectivity index (χ0) is 15.0. The van der Waals surface area contributed by atoms with Crippen molar-refractivity contribution in [3.8, 4) is 0 Å². The minimum absolute atomic E-state index is 0.0148. The molecule has 0 spiro atoms. The van der Waals surface area contributed by atoms with Crippen LogP contribution in [0.1, 0.15) is 18.4 Å². The van der Waals surface area contributed by atoms with Crippen LogP contribution in [0.3, 0.4) is 0 Å². The smallest absolute Gasteiger partial charge is 0.244 e. The molecule has 6 heteroatoms. The van der Waals surface area contributed by atoms with Crippen molar-refractivity contribution in [2.24, 2.45) is 0 Å². The van der Waals surface area contributed by atoms with E-state index in [4.69, 9.17) is 9.84 Å². The van der Waals surface area contributed by atoms with Gasteiger partial charge in [0, 0.05) is 12.6 Å². The average molecular weight is 327 g/mol. The maximum atomic E-state index is 11.9. The van der Waals surface area contributed by atoms with Gasteiger partial charge in [0.15, 0.2) is 0 Å². The fraction of sp³-hybridized carbons (Fsp3) is 0.533. The number of nitrogens with one attached hydrogen (secondary N) is 1. The summed E-state index contributed by atoms with van der Waals surface area (Å²) in [7, 11) is 0. The molecule has 2 rings (SSSR count). The second-order valence-corrected chi connectivity index (χ2v) is 6.98. The fourth-order valence-corrected chi connectivity index (χ4v) is 4.09. The highest BCUT2D eigenvalue weighted by molar-refractivity contribution is 7.99. The maximum Gasteiger partial charge on any atom is 0.244 e. The number of aliphatic hydroxyl groups is 1. The number of carbonyl (C=O) groups excluding carboxylic acids is 1. The molecule has 1 aromatic heterocycles. The molecule has 0 radical (unpaired) electrons. The van der Waals surface area contributed by atoms with E-state index in [-0.39, 0.29) is 18.1 Å². The normalized spacial score (nSPS) is 18.0. The third-order valence-electron chi connectivity index (χ3n) is 3.46. The van der Waals surface area contributed by atoms with Gasteiger partial charge in [0.1, 0.15) is 0 Å².